The lowest BCUT2D eigenvalue weighted by molar-refractivity contribution is -0.384. The number of nitrogens with zero attached hydrogens (tertiary/aromatic N) is 2. The minimum Gasteiger partial charge on any atom is -0.366 e. The number of nitro groups is 1. The Morgan fingerprint density at radius 3 is 2.79 bits per heavy atom. The van der Waals surface area contributed by atoms with Crippen molar-refractivity contribution in [3.05, 3.63) is 33.9 Å². The molecule has 0 aromatic heterocycles. The van der Waals surface area contributed by atoms with Crippen molar-refractivity contribution >= 4 is 27.3 Å². The molecule has 0 radical (unpaired) electrons. The number of hydrogen-bond acceptors (Lipinski definition) is 3. The van der Waals surface area contributed by atoms with Crippen LogP contribution in [-0.4, -0.2) is 18.0 Å². The van der Waals surface area contributed by atoms with E-state index in [1.807, 2.05) is 12.1 Å². The van der Waals surface area contributed by atoms with Crippen molar-refractivity contribution in [2.75, 3.05) is 18.0 Å². The molecule has 19 heavy (non-hydrogen) atoms. The largest absolute Gasteiger partial charge is 0.366 e. The molecule has 1 heterocycles. The van der Waals surface area contributed by atoms with Crippen LogP contribution in [-0.2, 0) is 5.33 Å². The van der Waals surface area contributed by atoms with E-state index in [1.54, 1.807) is 6.07 Å². The van der Waals surface area contributed by atoms with Gasteiger partial charge in [0, 0.05) is 24.5 Å². The number of nitro benzene ring substituents is 1. The van der Waals surface area contributed by atoms with Crippen molar-refractivity contribution in [3.63, 3.8) is 0 Å². The third kappa shape index (κ3) is 3.08. The van der Waals surface area contributed by atoms with Gasteiger partial charge < -0.3 is 4.90 Å². The highest BCUT2D eigenvalue weighted by molar-refractivity contribution is 9.08. The van der Waals surface area contributed by atoms with Gasteiger partial charge in [-0.3, -0.25) is 10.1 Å². The summed E-state index contributed by atoms with van der Waals surface area (Å²) in [7, 11) is 0. The fourth-order valence-electron chi connectivity index (χ4n) is 2.62. The Morgan fingerprint density at radius 1 is 1.53 bits per heavy atom. The van der Waals surface area contributed by atoms with Crippen molar-refractivity contribution < 1.29 is 4.92 Å². The van der Waals surface area contributed by atoms with Gasteiger partial charge in [-0.25, -0.2) is 0 Å². The van der Waals surface area contributed by atoms with Crippen LogP contribution in [0.25, 0.3) is 0 Å². The van der Waals surface area contributed by atoms with E-state index in [4.69, 9.17) is 0 Å². The lowest BCUT2D eigenvalue weighted by atomic mass is 9.95. The summed E-state index contributed by atoms with van der Waals surface area (Å²) >= 11 is 3.34. The monoisotopic (exact) mass is 326 g/mol. The average Bonchev–Trinajstić information content (AvgIpc) is 2.87. The molecule has 1 unspecified atom stereocenters. The van der Waals surface area contributed by atoms with E-state index >= 15 is 0 Å². The van der Waals surface area contributed by atoms with E-state index in [1.165, 1.54) is 0 Å². The highest BCUT2D eigenvalue weighted by atomic mass is 79.9. The zero-order chi connectivity index (χ0) is 14.0. The molecule has 0 N–H and O–H groups in total. The third-order valence-corrected chi connectivity index (χ3v) is 4.55. The second kappa shape index (κ2) is 5.90. The highest BCUT2D eigenvalue weighted by Gasteiger charge is 2.29. The molecule has 1 aromatic carbocycles. The van der Waals surface area contributed by atoms with Crippen LogP contribution in [0.1, 0.15) is 25.8 Å². The lowest BCUT2D eigenvalue weighted by Gasteiger charge is -2.20. The Morgan fingerprint density at radius 2 is 2.26 bits per heavy atom. The van der Waals surface area contributed by atoms with Gasteiger partial charge in [-0.2, -0.15) is 0 Å². The molecule has 0 saturated carbocycles. The van der Waals surface area contributed by atoms with Crippen molar-refractivity contribution in [3.8, 4) is 0 Å². The molecule has 1 aliphatic heterocycles. The van der Waals surface area contributed by atoms with Crippen LogP contribution in [0.4, 0.5) is 11.4 Å². The first kappa shape index (κ1) is 14.3. The molecule has 0 amide bonds. The Bertz CT molecular complexity index is 477. The summed E-state index contributed by atoms with van der Waals surface area (Å²) in [4.78, 5) is 13.1. The number of hydrogen-bond donors (Lipinski definition) is 0. The predicted octanol–water partition coefficient (Wildman–Crippen LogP) is 3.97. The molecular weight excluding hydrogens is 308 g/mol. The number of alkyl halides is 1. The van der Waals surface area contributed by atoms with Crippen LogP contribution in [0, 0.1) is 22.0 Å². The van der Waals surface area contributed by atoms with Crippen molar-refractivity contribution in [2.24, 2.45) is 11.8 Å². The van der Waals surface area contributed by atoms with Crippen LogP contribution in [0.15, 0.2) is 18.2 Å². The summed E-state index contributed by atoms with van der Waals surface area (Å²) in [5.41, 5.74) is 1.93. The predicted molar refractivity (Wildman–Crippen MR) is 80.9 cm³/mol. The van der Waals surface area contributed by atoms with Gasteiger partial charge in [-0.05, 0) is 29.9 Å². The number of rotatable bonds is 4. The highest BCUT2D eigenvalue weighted by Crippen LogP contribution is 2.35. The minimum atomic E-state index is -0.274. The Balaban J connectivity index is 2.27. The first-order valence-electron chi connectivity index (χ1n) is 6.61. The molecule has 1 fully saturated rings. The molecule has 1 aromatic rings. The third-order valence-electron chi connectivity index (χ3n) is 3.90. The van der Waals surface area contributed by atoms with Gasteiger partial charge in [0.1, 0.15) is 5.69 Å². The fraction of sp³-hybridized carbons (Fsp3) is 0.571. The summed E-state index contributed by atoms with van der Waals surface area (Å²) in [6, 6.07) is 5.52. The van der Waals surface area contributed by atoms with Gasteiger partial charge in [-0.1, -0.05) is 35.8 Å². The van der Waals surface area contributed by atoms with Crippen molar-refractivity contribution in [1.29, 1.82) is 0 Å². The zero-order valence-electron chi connectivity index (χ0n) is 11.3. The Kier molecular flexibility index (Phi) is 4.45. The standard InChI is InChI=1S/C14H19BrN2O2/c1-10(2)12-5-6-16(9-12)13-4-3-11(8-15)7-14(13)17(18)19/h3-4,7,10,12H,5-6,8-9H2,1-2H3. The summed E-state index contributed by atoms with van der Waals surface area (Å²) in [5, 5.41) is 11.9. The zero-order valence-corrected chi connectivity index (χ0v) is 12.9. The van der Waals surface area contributed by atoms with Gasteiger partial charge in [-0.15, -0.1) is 0 Å². The van der Waals surface area contributed by atoms with Crippen LogP contribution in [0.3, 0.4) is 0 Å². The maximum atomic E-state index is 11.2. The maximum absolute atomic E-state index is 11.2. The van der Waals surface area contributed by atoms with E-state index in [2.05, 4.69) is 34.7 Å². The summed E-state index contributed by atoms with van der Waals surface area (Å²) in [6.07, 6.45) is 1.12. The number of halogens is 1. The van der Waals surface area contributed by atoms with Crippen LogP contribution >= 0.6 is 15.9 Å². The van der Waals surface area contributed by atoms with E-state index in [0.717, 1.165) is 30.8 Å². The quantitative estimate of drug-likeness (QED) is 0.477. The summed E-state index contributed by atoms with van der Waals surface area (Å²) < 4.78 is 0. The Labute approximate surface area is 122 Å². The average molecular weight is 327 g/mol. The molecule has 4 nitrogen and oxygen atoms in total. The Hall–Kier alpha value is -1.10. The first-order chi connectivity index (χ1) is 9.02. The van der Waals surface area contributed by atoms with E-state index in [9.17, 15) is 10.1 Å². The SMILES string of the molecule is CC(C)C1CCN(c2ccc(CBr)cc2[N+](=O)[O-])C1. The maximum Gasteiger partial charge on any atom is 0.292 e. The normalized spacial score (nSPS) is 19.2. The van der Waals surface area contributed by atoms with E-state index < -0.39 is 0 Å². The molecule has 1 saturated heterocycles. The molecule has 0 bridgehead atoms. The molecule has 2 rings (SSSR count). The molecule has 104 valence electrons. The van der Waals surface area contributed by atoms with Crippen LogP contribution in [0.5, 0.6) is 0 Å². The van der Waals surface area contributed by atoms with E-state index in [-0.39, 0.29) is 10.6 Å². The number of anilines is 1. The van der Waals surface area contributed by atoms with E-state index in [0.29, 0.717) is 17.2 Å². The molecule has 1 atom stereocenters. The first-order valence-corrected chi connectivity index (χ1v) is 7.73. The van der Waals surface area contributed by atoms with Gasteiger partial charge in [0.05, 0.1) is 4.92 Å². The minimum absolute atomic E-state index is 0.223. The van der Waals surface area contributed by atoms with Crippen molar-refractivity contribution in [1.82, 2.24) is 0 Å². The van der Waals surface area contributed by atoms with Crippen molar-refractivity contribution in [2.45, 2.75) is 25.6 Å². The molecule has 1 aliphatic rings. The number of benzene rings is 1. The molecule has 0 spiro atoms. The van der Waals surface area contributed by atoms with Gasteiger partial charge in [0.25, 0.3) is 5.69 Å². The fourth-order valence-corrected chi connectivity index (χ4v) is 2.96. The summed E-state index contributed by atoms with van der Waals surface area (Å²) in [6.45, 7) is 6.27. The second-order valence-corrected chi connectivity index (χ2v) is 6.01. The molecule has 5 heteroatoms. The van der Waals surface area contributed by atoms with Gasteiger partial charge in [0.2, 0.25) is 0 Å². The smallest absolute Gasteiger partial charge is 0.292 e. The van der Waals surface area contributed by atoms with Gasteiger partial charge in [0.15, 0.2) is 0 Å². The molecular formula is C14H19BrN2O2. The van der Waals surface area contributed by atoms with Crippen LogP contribution in [0.2, 0.25) is 0 Å². The van der Waals surface area contributed by atoms with Crippen LogP contribution < -0.4 is 4.90 Å². The van der Waals surface area contributed by atoms with Gasteiger partial charge >= 0.3 is 0 Å². The second-order valence-electron chi connectivity index (χ2n) is 5.45. The lowest BCUT2D eigenvalue weighted by Crippen LogP contribution is -2.22. The topological polar surface area (TPSA) is 46.4 Å². The molecule has 0 aliphatic carbocycles. The summed E-state index contributed by atoms with van der Waals surface area (Å²) in [5.74, 6) is 1.27.